The highest BCUT2D eigenvalue weighted by atomic mass is 16.5. The van der Waals surface area contributed by atoms with E-state index in [-0.39, 0.29) is 23.7 Å². The van der Waals surface area contributed by atoms with Gasteiger partial charge in [-0.2, -0.15) is 0 Å². The molecule has 10 nitrogen and oxygen atoms in total. The molecular weight excluding hydrogens is 426 g/mol. The SMILES string of the molecule is Cn1cnc2c1c(=O)n(CC(=O)OCc1ccc(C(=O)Nc3ccccc3)cc1)c(=O)n2C. The van der Waals surface area contributed by atoms with Gasteiger partial charge in [0.05, 0.1) is 6.33 Å². The Labute approximate surface area is 187 Å². The molecule has 0 saturated carbocycles. The number of benzene rings is 2. The summed E-state index contributed by atoms with van der Waals surface area (Å²) in [5.74, 6) is -0.993. The van der Waals surface area contributed by atoms with E-state index in [4.69, 9.17) is 4.74 Å². The predicted molar refractivity (Wildman–Crippen MR) is 121 cm³/mol. The molecule has 4 rings (SSSR count). The molecule has 1 N–H and O–H groups in total. The van der Waals surface area contributed by atoms with Gasteiger partial charge in [0, 0.05) is 25.3 Å². The Bertz CT molecular complexity index is 1450. The Hall–Kier alpha value is -4.47. The molecule has 0 aliphatic rings. The second-order valence-corrected chi connectivity index (χ2v) is 7.44. The zero-order chi connectivity index (χ0) is 23.5. The third-order valence-electron chi connectivity index (χ3n) is 5.14. The molecule has 0 fully saturated rings. The van der Waals surface area contributed by atoms with Crippen LogP contribution < -0.4 is 16.6 Å². The highest BCUT2D eigenvalue weighted by Crippen LogP contribution is 2.11. The van der Waals surface area contributed by atoms with Gasteiger partial charge in [-0.1, -0.05) is 30.3 Å². The van der Waals surface area contributed by atoms with Crippen molar-refractivity contribution in [2.45, 2.75) is 13.2 Å². The van der Waals surface area contributed by atoms with Crippen LogP contribution in [0.25, 0.3) is 11.2 Å². The number of nitrogens with one attached hydrogen (secondary N) is 1. The fraction of sp³-hybridized carbons (Fsp3) is 0.174. The predicted octanol–water partition coefficient (Wildman–Crippen LogP) is 1.43. The summed E-state index contributed by atoms with van der Waals surface area (Å²) in [6, 6.07) is 15.7. The van der Waals surface area contributed by atoms with Gasteiger partial charge in [0.1, 0.15) is 13.2 Å². The molecule has 0 aliphatic heterocycles. The lowest BCUT2D eigenvalue weighted by Crippen LogP contribution is -2.41. The lowest BCUT2D eigenvalue weighted by Gasteiger charge is -2.09. The van der Waals surface area contributed by atoms with Crippen molar-refractivity contribution < 1.29 is 14.3 Å². The standard InChI is InChI=1S/C23H21N5O5/c1-26-14-24-20-19(26)22(31)28(23(32)27(20)2)12-18(29)33-13-15-8-10-16(11-9-15)21(30)25-17-6-4-3-5-7-17/h3-11,14H,12-13H2,1-2H3,(H,25,30). The molecule has 33 heavy (non-hydrogen) atoms. The van der Waals surface area contributed by atoms with Gasteiger partial charge in [-0.3, -0.25) is 19.0 Å². The maximum Gasteiger partial charge on any atom is 0.333 e. The summed E-state index contributed by atoms with van der Waals surface area (Å²) in [6.45, 7) is -0.591. The molecule has 4 aromatic rings. The van der Waals surface area contributed by atoms with Gasteiger partial charge in [-0.25, -0.2) is 14.3 Å². The van der Waals surface area contributed by atoms with Gasteiger partial charge >= 0.3 is 11.7 Å². The van der Waals surface area contributed by atoms with E-state index in [9.17, 15) is 19.2 Å². The Kier molecular flexibility index (Phi) is 5.90. The second-order valence-electron chi connectivity index (χ2n) is 7.44. The highest BCUT2D eigenvalue weighted by Gasteiger charge is 2.17. The Morgan fingerprint density at radius 3 is 2.39 bits per heavy atom. The summed E-state index contributed by atoms with van der Waals surface area (Å²) >= 11 is 0. The minimum atomic E-state index is -0.735. The monoisotopic (exact) mass is 447 g/mol. The molecule has 0 aliphatic carbocycles. The van der Waals surface area contributed by atoms with E-state index >= 15 is 0 Å². The molecule has 1 amide bonds. The van der Waals surface area contributed by atoms with Crippen LogP contribution in [0.3, 0.4) is 0 Å². The lowest BCUT2D eigenvalue weighted by atomic mass is 10.1. The number of carbonyl (C=O) groups is 2. The van der Waals surface area contributed by atoms with Crippen LogP contribution in [-0.2, 0) is 36.8 Å². The van der Waals surface area contributed by atoms with Crippen molar-refractivity contribution in [1.82, 2.24) is 18.7 Å². The van der Waals surface area contributed by atoms with Crippen molar-refractivity contribution in [3.8, 4) is 0 Å². The first-order valence-electron chi connectivity index (χ1n) is 10.1. The minimum absolute atomic E-state index is 0.0670. The summed E-state index contributed by atoms with van der Waals surface area (Å²) in [7, 11) is 3.11. The fourth-order valence-electron chi connectivity index (χ4n) is 3.35. The van der Waals surface area contributed by atoms with E-state index in [1.807, 2.05) is 18.2 Å². The van der Waals surface area contributed by atoms with E-state index < -0.39 is 23.8 Å². The van der Waals surface area contributed by atoms with Crippen LogP contribution >= 0.6 is 0 Å². The highest BCUT2D eigenvalue weighted by molar-refractivity contribution is 6.04. The Morgan fingerprint density at radius 1 is 1.00 bits per heavy atom. The van der Waals surface area contributed by atoms with Crippen molar-refractivity contribution in [1.29, 1.82) is 0 Å². The van der Waals surface area contributed by atoms with E-state index in [0.29, 0.717) is 16.8 Å². The molecule has 0 saturated heterocycles. The van der Waals surface area contributed by atoms with Gasteiger partial charge in [-0.05, 0) is 29.8 Å². The molecule has 0 spiro atoms. The number of aromatic nitrogens is 4. The number of anilines is 1. The van der Waals surface area contributed by atoms with Crippen LogP contribution in [0.2, 0.25) is 0 Å². The Balaban J connectivity index is 1.40. The number of nitrogens with zero attached hydrogens (tertiary/aromatic N) is 4. The first-order chi connectivity index (χ1) is 15.8. The zero-order valence-electron chi connectivity index (χ0n) is 18.0. The number of rotatable bonds is 6. The van der Waals surface area contributed by atoms with Crippen LogP contribution in [0.15, 0.2) is 70.5 Å². The molecule has 2 aromatic heterocycles. The summed E-state index contributed by atoms with van der Waals surface area (Å²) in [6.07, 6.45) is 1.43. The van der Waals surface area contributed by atoms with Crippen molar-refractivity contribution in [3.63, 3.8) is 0 Å². The number of hydrogen-bond donors (Lipinski definition) is 1. The summed E-state index contributed by atoms with van der Waals surface area (Å²) < 4.78 is 8.76. The first kappa shape index (κ1) is 21.8. The van der Waals surface area contributed by atoms with Crippen LogP contribution in [0, 0.1) is 0 Å². The van der Waals surface area contributed by atoms with Gasteiger partial charge in [0.25, 0.3) is 11.5 Å². The molecule has 2 heterocycles. The third-order valence-corrected chi connectivity index (χ3v) is 5.14. The molecule has 0 radical (unpaired) electrons. The maximum absolute atomic E-state index is 12.7. The van der Waals surface area contributed by atoms with Gasteiger partial charge in [0.15, 0.2) is 11.2 Å². The molecule has 0 atom stereocenters. The first-order valence-corrected chi connectivity index (χ1v) is 10.1. The summed E-state index contributed by atoms with van der Waals surface area (Å²) in [4.78, 5) is 53.8. The molecule has 10 heteroatoms. The third kappa shape index (κ3) is 4.45. The number of amides is 1. The number of fused-ring (bicyclic) bond motifs is 1. The number of esters is 1. The largest absolute Gasteiger partial charge is 0.459 e. The van der Waals surface area contributed by atoms with Crippen LogP contribution in [-0.4, -0.2) is 30.6 Å². The van der Waals surface area contributed by atoms with Crippen molar-refractivity contribution in [2.24, 2.45) is 14.1 Å². The minimum Gasteiger partial charge on any atom is -0.459 e. The van der Waals surface area contributed by atoms with E-state index in [0.717, 1.165) is 4.57 Å². The average Bonchev–Trinajstić information content (AvgIpc) is 3.21. The van der Waals surface area contributed by atoms with Crippen molar-refractivity contribution in [2.75, 3.05) is 5.32 Å². The van der Waals surface area contributed by atoms with Crippen LogP contribution in [0.1, 0.15) is 15.9 Å². The molecular formula is C23H21N5O5. The molecule has 0 bridgehead atoms. The molecule has 168 valence electrons. The number of carbonyl (C=O) groups excluding carboxylic acids is 2. The normalized spacial score (nSPS) is 10.8. The van der Waals surface area contributed by atoms with Gasteiger partial charge in [-0.15, -0.1) is 0 Å². The number of ether oxygens (including phenoxy) is 1. The van der Waals surface area contributed by atoms with Crippen molar-refractivity contribution >= 4 is 28.7 Å². The Morgan fingerprint density at radius 2 is 1.70 bits per heavy atom. The van der Waals surface area contributed by atoms with E-state index in [1.165, 1.54) is 22.5 Å². The fourth-order valence-corrected chi connectivity index (χ4v) is 3.35. The average molecular weight is 447 g/mol. The molecule has 0 unspecified atom stereocenters. The topological polar surface area (TPSA) is 117 Å². The number of para-hydroxylation sites is 1. The maximum atomic E-state index is 12.7. The number of aryl methyl sites for hydroxylation is 2. The lowest BCUT2D eigenvalue weighted by molar-refractivity contribution is -0.145. The second kappa shape index (κ2) is 8.95. The molecule has 2 aromatic carbocycles. The van der Waals surface area contributed by atoms with Crippen LogP contribution in [0.4, 0.5) is 5.69 Å². The van der Waals surface area contributed by atoms with Crippen molar-refractivity contribution in [3.05, 3.63) is 92.9 Å². The van der Waals surface area contributed by atoms with E-state index in [1.54, 1.807) is 43.4 Å². The zero-order valence-corrected chi connectivity index (χ0v) is 18.0. The number of hydrogen-bond acceptors (Lipinski definition) is 6. The van der Waals surface area contributed by atoms with Gasteiger partial charge < -0.3 is 14.6 Å². The van der Waals surface area contributed by atoms with Gasteiger partial charge in [0.2, 0.25) is 0 Å². The smallest absolute Gasteiger partial charge is 0.333 e. The van der Waals surface area contributed by atoms with E-state index in [2.05, 4.69) is 10.3 Å². The quantitative estimate of drug-likeness (QED) is 0.447. The summed E-state index contributed by atoms with van der Waals surface area (Å²) in [5.41, 5.74) is 0.986. The number of imidazole rings is 1. The van der Waals surface area contributed by atoms with Crippen LogP contribution in [0.5, 0.6) is 0 Å². The summed E-state index contributed by atoms with van der Waals surface area (Å²) in [5, 5.41) is 2.79.